The first-order chi connectivity index (χ1) is 9.58. The van der Waals surface area contributed by atoms with Crippen LogP contribution in [-0.2, 0) is 14.3 Å². The summed E-state index contributed by atoms with van der Waals surface area (Å²) in [6, 6.07) is 8.17. The molecule has 1 amide bonds. The average molecular weight is 297 g/mol. The van der Waals surface area contributed by atoms with Crippen molar-refractivity contribution in [1.29, 1.82) is 0 Å². The van der Waals surface area contributed by atoms with Crippen molar-refractivity contribution >= 4 is 23.6 Å². The predicted molar refractivity (Wildman–Crippen MR) is 78.0 cm³/mol. The lowest BCUT2D eigenvalue weighted by atomic mass is 10.2. The van der Waals surface area contributed by atoms with Crippen LogP contribution in [0.1, 0.15) is 12.0 Å². The van der Waals surface area contributed by atoms with Gasteiger partial charge in [0.2, 0.25) is 5.91 Å². The highest BCUT2D eigenvalue weighted by molar-refractivity contribution is 7.99. The summed E-state index contributed by atoms with van der Waals surface area (Å²) in [5.41, 5.74) is 1.22. The van der Waals surface area contributed by atoms with E-state index in [1.165, 1.54) is 5.56 Å². The summed E-state index contributed by atoms with van der Waals surface area (Å²) in [6.07, 6.45) is 0.428. The lowest BCUT2D eigenvalue weighted by Crippen LogP contribution is -2.28. The number of rotatable bonds is 9. The fourth-order valence-electron chi connectivity index (χ4n) is 1.41. The molecule has 0 aliphatic rings. The highest BCUT2D eigenvalue weighted by atomic mass is 32.2. The summed E-state index contributed by atoms with van der Waals surface area (Å²) in [5, 5.41) is 11.0. The minimum Gasteiger partial charge on any atom is -0.480 e. The van der Waals surface area contributed by atoms with E-state index < -0.39 is 5.97 Å². The summed E-state index contributed by atoms with van der Waals surface area (Å²) in [7, 11) is 0. The Morgan fingerprint density at radius 3 is 2.65 bits per heavy atom. The molecule has 0 aliphatic heterocycles. The maximum Gasteiger partial charge on any atom is 0.329 e. The number of ether oxygens (including phenoxy) is 1. The molecule has 1 rings (SSSR count). The van der Waals surface area contributed by atoms with E-state index in [-0.39, 0.29) is 19.1 Å². The van der Waals surface area contributed by atoms with Crippen molar-refractivity contribution in [2.45, 2.75) is 18.2 Å². The SMILES string of the molecule is Cc1ccc(SCCC(=O)NCCOCC(=O)O)cc1. The van der Waals surface area contributed by atoms with Crippen LogP contribution >= 0.6 is 11.8 Å². The van der Waals surface area contributed by atoms with E-state index >= 15 is 0 Å². The van der Waals surface area contributed by atoms with Crippen LogP contribution in [0, 0.1) is 6.92 Å². The van der Waals surface area contributed by atoms with Crippen molar-refractivity contribution < 1.29 is 19.4 Å². The van der Waals surface area contributed by atoms with Gasteiger partial charge in [0, 0.05) is 23.6 Å². The van der Waals surface area contributed by atoms with Gasteiger partial charge in [-0.3, -0.25) is 4.79 Å². The van der Waals surface area contributed by atoms with Crippen LogP contribution in [0.2, 0.25) is 0 Å². The standard InChI is InChI=1S/C14H19NO4S/c1-11-2-4-12(5-3-11)20-9-6-13(16)15-7-8-19-10-14(17)18/h2-5H,6-10H2,1H3,(H,15,16)(H,17,18). The van der Waals surface area contributed by atoms with Gasteiger partial charge in [0.1, 0.15) is 6.61 Å². The molecule has 0 fully saturated rings. The Morgan fingerprint density at radius 2 is 2.00 bits per heavy atom. The molecular weight excluding hydrogens is 278 g/mol. The number of benzene rings is 1. The Kier molecular flexibility index (Phi) is 7.75. The summed E-state index contributed by atoms with van der Waals surface area (Å²) < 4.78 is 4.81. The van der Waals surface area contributed by atoms with Gasteiger partial charge in [0.25, 0.3) is 0 Å². The van der Waals surface area contributed by atoms with Crippen LogP contribution in [0.15, 0.2) is 29.2 Å². The Morgan fingerprint density at radius 1 is 1.30 bits per heavy atom. The first-order valence-corrected chi connectivity index (χ1v) is 7.32. The average Bonchev–Trinajstić information content (AvgIpc) is 2.40. The van der Waals surface area contributed by atoms with E-state index in [1.807, 2.05) is 31.2 Å². The second-order valence-corrected chi connectivity index (χ2v) is 5.38. The van der Waals surface area contributed by atoms with Crippen molar-refractivity contribution in [2.24, 2.45) is 0 Å². The molecule has 1 aromatic rings. The first kappa shape index (κ1) is 16.5. The number of aliphatic carboxylic acids is 1. The van der Waals surface area contributed by atoms with Crippen LogP contribution in [0.5, 0.6) is 0 Å². The third-order valence-corrected chi connectivity index (χ3v) is 3.43. The Hall–Kier alpha value is -1.53. The maximum atomic E-state index is 11.5. The molecule has 0 bridgehead atoms. The molecule has 1 aromatic carbocycles. The van der Waals surface area contributed by atoms with E-state index in [1.54, 1.807) is 11.8 Å². The molecule has 5 nitrogen and oxygen atoms in total. The zero-order chi connectivity index (χ0) is 14.8. The van der Waals surface area contributed by atoms with Gasteiger partial charge in [-0.25, -0.2) is 4.79 Å². The molecule has 2 N–H and O–H groups in total. The van der Waals surface area contributed by atoms with Crippen molar-refractivity contribution in [3.8, 4) is 0 Å². The zero-order valence-electron chi connectivity index (χ0n) is 11.4. The number of carboxylic acids is 1. The van der Waals surface area contributed by atoms with Crippen LogP contribution in [0.25, 0.3) is 0 Å². The molecule has 0 saturated carbocycles. The van der Waals surface area contributed by atoms with Crippen LogP contribution < -0.4 is 5.32 Å². The molecule has 0 spiro atoms. The number of carbonyl (C=O) groups is 2. The molecule has 0 aromatic heterocycles. The molecule has 0 aliphatic carbocycles. The minimum absolute atomic E-state index is 0.0523. The van der Waals surface area contributed by atoms with Crippen LogP contribution in [0.3, 0.4) is 0 Å². The molecule has 0 radical (unpaired) electrons. The third kappa shape index (κ3) is 7.81. The van der Waals surface area contributed by atoms with Crippen LogP contribution in [-0.4, -0.2) is 42.5 Å². The van der Waals surface area contributed by atoms with E-state index in [4.69, 9.17) is 9.84 Å². The quantitative estimate of drug-likeness (QED) is 0.536. The molecule has 20 heavy (non-hydrogen) atoms. The van der Waals surface area contributed by atoms with E-state index in [0.29, 0.717) is 18.7 Å². The van der Waals surface area contributed by atoms with Gasteiger partial charge in [-0.2, -0.15) is 0 Å². The Bertz CT molecular complexity index is 433. The van der Waals surface area contributed by atoms with Gasteiger partial charge >= 0.3 is 5.97 Å². The molecule has 0 unspecified atom stereocenters. The predicted octanol–water partition coefficient (Wildman–Crippen LogP) is 1.69. The van der Waals surface area contributed by atoms with Gasteiger partial charge in [-0.05, 0) is 19.1 Å². The number of hydrogen-bond acceptors (Lipinski definition) is 4. The van der Waals surface area contributed by atoms with Gasteiger partial charge in [-0.15, -0.1) is 11.8 Å². The number of amides is 1. The molecule has 110 valence electrons. The molecule has 0 saturated heterocycles. The topological polar surface area (TPSA) is 75.6 Å². The Labute approximate surface area is 122 Å². The highest BCUT2D eigenvalue weighted by Crippen LogP contribution is 2.18. The summed E-state index contributed by atoms with van der Waals surface area (Å²) in [4.78, 5) is 22.8. The summed E-state index contributed by atoms with van der Waals surface area (Å²) >= 11 is 1.64. The smallest absolute Gasteiger partial charge is 0.329 e. The molecule has 6 heteroatoms. The fraction of sp³-hybridized carbons (Fsp3) is 0.429. The molecular formula is C14H19NO4S. The van der Waals surface area contributed by atoms with E-state index in [2.05, 4.69) is 5.32 Å². The number of aryl methyl sites for hydroxylation is 1. The van der Waals surface area contributed by atoms with Crippen molar-refractivity contribution in [3.63, 3.8) is 0 Å². The second kappa shape index (κ2) is 9.39. The van der Waals surface area contributed by atoms with Gasteiger partial charge < -0.3 is 15.2 Å². The van der Waals surface area contributed by atoms with Gasteiger partial charge in [0.15, 0.2) is 0 Å². The van der Waals surface area contributed by atoms with Gasteiger partial charge in [0.05, 0.1) is 6.61 Å². The number of carboxylic acid groups (broad SMARTS) is 1. The van der Waals surface area contributed by atoms with Crippen molar-refractivity contribution in [1.82, 2.24) is 5.32 Å². The molecule has 0 heterocycles. The monoisotopic (exact) mass is 297 g/mol. The highest BCUT2D eigenvalue weighted by Gasteiger charge is 2.02. The van der Waals surface area contributed by atoms with E-state index in [0.717, 1.165) is 4.90 Å². The first-order valence-electron chi connectivity index (χ1n) is 6.33. The molecule has 0 atom stereocenters. The summed E-state index contributed by atoms with van der Waals surface area (Å²) in [6.45, 7) is 2.25. The van der Waals surface area contributed by atoms with Crippen LogP contribution in [0.4, 0.5) is 0 Å². The maximum absolute atomic E-state index is 11.5. The van der Waals surface area contributed by atoms with Crippen molar-refractivity contribution in [2.75, 3.05) is 25.5 Å². The number of thioether (sulfide) groups is 1. The lowest BCUT2D eigenvalue weighted by Gasteiger charge is -2.05. The Balaban J connectivity index is 2.05. The van der Waals surface area contributed by atoms with Gasteiger partial charge in [-0.1, -0.05) is 17.7 Å². The fourth-order valence-corrected chi connectivity index (χ4v) is 2.26. The third-order valence-electron chi connectivity index (χ3n) is 2.41. The number of nitrogens with one attached hydrogen (secondary N) is 1. The van der Waals surface area contributed by atoms with Crippen molar-refractivity contribution in [3.05, 3.63) is 29.8 Å². The number of hydrogen-bond donors (Lipinski definition) is 2. The normalized spacial score (nSPS) is 10.2. The minimum atomic E-state index is -1.01. The largest absolute Gasteiger partial charge is 0.480 e. The number of carbonyl (C=O) groups excluding carboxylic acids is 1. The second-order valence-electron chi connectivity index (χ2n) is 4.21. The summed E-state index contributed by atoms with van der Waals surface area (Å²) in [5.74, 6) is -0.348. The van der Waals surface area contributed by atoms with E-state index in [9.17, 15) is 9.59 Å². The zero-order valence-corrected chi connectivity index (χ0v) is 12.2. The lowest BCUT2D eigenvalue weighted by molar-refractivity contribution is -0.142.